The van der Waals surface area contributed by atoms with Crippen molar-refractivity contribution in [2.24, 2.45) is 39.6 Å². The number of rotatable bonds is 2. The van der Waals surface area contributed by atoms with Gasteiger partial charge in [0.15, 0.2) is 5.78 Å². The van der Waals surface area contributed by atoms with Gasteiger partial charge in [0.05, 0.1) is 5.70 Å². The van der Waals surface area contributed by atoms with E-state index in [9.17, 15) is 9.59 Å². The zero-order chi connectivity index (χ0) is 18.7. The van der Waals surface area contributed by atoms with Gasteiger partial charge >= 0.3 is 0 Å². The molecule has 6 atom stereocenters. The Morgan fingerprint density at radius 3 is 2.58 bits per heavy atom. The third-order valence-corrected chi connectivity index (χ3v) is 8.73. The first-order valence-corrected chi connectivity index (χ1v) is 10.2. The zero-order valence-corrected chi connectivity index (χ0v) is 16.1. The van der Waals surface area contributed by atoms with Crippen molar-refractivity contribution in [1.82, 2.24) is 0 Å². The normalized spacial score (nSPS) is 44.7. The van der Waals surface area contributed by atoms with Crippen molar-refractivity contribution in [1.29, 1.82) is 0 Å². The van der Waals surface area contributed by atoms with Gasteiger partial charge in [-0.3, -0.25) is 9.59 Å². The van der Waals surface area contributed by atoms with Gasteiger partial charge in [-0.15, -0.1) is 0 Å². The van der Waals surface area contributed by atoms with Crippen molar-refractivity contribution in [2.45, 2.75) is 72.1 Å². The highest BCUT2D eigenvalue weighted by molar-refractivity contribution is 5.97. The zero-order valence-electron chi connectivity index (χ0n) is 16.1. The first-order valence-electron chi connectivity index (χ1n) is 10.2. The van der Waals surface area contributed by atoms with Crippen LogP contribution in [0.1, 0.15) is 72.1 Å². The van der Waals surface area contributed by atoms with Gasteiger partial charge < -0.3 is 0 Å². The highest BCUT2D eigenvalue weighted by Gasteiger charge is 2.60. The lowest BCUT2D eigenvalue weighted by Gasteiger charge is -2.58. The number of carbonyl (C=O) groups excluding carboxylic acids is 2. The van der Waals surface area contributed by atoms with Crippen LogP contribution in [-0.4, -0.2) is 11.6 Å². The predicted octanol–water partition coefficient (Wildman–Crippen LogP) is 5.36. The van der Waals surface area contributed by atoms with Gasteiger partial charge in [-0.05, 0) is 86.0 Å². The molecule has 0 N–H and O–H groups in total. The number of Topliss-reactive ketones (excluding diaryl/α,β-unsaturated/α-hetero) is 2. The molecule has 3 fully saturated rings. The molecule has 0 bridgehead atoms. The fourth-order valence-electron chi connectivity index (χ4n) is 7.52. The van der Waals surface area contributed by atoms with Crippen molar-refractivity contribution in [3.05, 3.63) is 21.7 Å². The number of fused-ring (bicyclic) bond motifs is 5. The molecular formula is C21H29N3O2. The average molecular weight is 355 g/mol. The second-order valence-electron chi connectivity index (χ2n) is 9.56. The Labute approximate surface area is 155 Å². The van der Waals surface area contributed by atoms with Crippen LogP contribution in [0.3, 0.4) is 0 Å². The van der Waals surface area contributed by atoms with Crippen LogP contribution in [0.15, 0.2) is 16.4 Å². The number of nitrogens with zero attached hydrogens (tertiary/aromatic N) is 3. The molecule has 0 aromatic rings. The van der Waals surface area contributed by atoms with Crippen molar-refractivity contribution < 1.29 is 9.59 Å². The molecule has 0 aromatic carbocycles. The summed E-state index contributed by atoms with van der Waals surface area (Å²) in [6.07, 6.45) is 7.76. The van der Waals surface area contributed by atoms with Crippen LogP contribution >= 0.6 is 0 Å². The number of azide groups is 1. The molecule has 0 heterocycles. The maximum atomic E-state index is 12.3. The summed E-state index contributed by atoms with van der Waals surface area (Å²) in [5.41, 5.74) is 10.6. The average Bonchev–Trinajstić information content (AvgIpc) is 2.95. The molecule has 4 aliphatic carbocycles. The first kappa shape index (κ1) is 17.8. The quantitative estimate of drug-likeness (QED) is 0.379. The molecule has 0 saturated heterocycles. The first-order chi connectivity index (χ1) is 12.3. The van der Waals surface area contributed by atoms with Crippen LogP contribution in [0, 0.1) is 34.5 Å². The van der Waals surface area contributed by atoms with Gasteiger partial charge in [-0.2, -0.15) is 0 Å². The highest BCUT2D eigenvalue weighted by Crippen LogP contribution is 2.67. The SMILES string of the molecule is CC(=O)[C@H]1CC[C@H]2[C@@H]3CCC4=C(N=[N+]=[N-])C(=O)CC[C@]4(C)[C@H]3CC[C@]12C. The molecule has 4 rings (SSSR count). The third-order valence-electron chi connectivity index (χ3n) is 8.73. The van der Waals surface area contributed by atoms with E-state index in [1.807, 2.05) is 0 Å². The van der Waals surface area contributed by atoms with Crippen molar-refractivity contribution in [2.75, 3.05) is 0 Å². The number of carbonyl (C=O) groups is 2. The van der Waals surface area contributed by atoms with E-state index in [4.69, 9.17) is 5.53 Å². The Morgan fingerprint density at radius 2 is 1.88 bits per heavy atom. The van der Waals surface area contributed by atoms with Crippen LogP contribution in [0.5, 0.6) is 0 Å². The fraction of sp³-hybridized carbons (Fsp3) is 0.810. The van der Waals surface area contributed by atoms with E-state index in [0.717, 1.165) is 44.1 Å². The van der Waals surface area contributed by atoms with Crippen molar-refractivity contribution in [3.63, 3.8) is 0 Å². The molecule has 4 aliphatic rings. The second kappa shape index (κ2) is 5.95. The summed E-state index contributed by atoms with van der Waals surface area (Å²) in [4.78, 5) is 27.5. The second-order valence-corrected chi connectivity index (χ2v) is 9.56. The fourth-order valence-corrected chi connectivity index (χ4v) is 7.52. The van der Waals surface area contributed by atoms with Crippen LogP contribution in [0.2, 0.25) is 0 Å². The third kappa shape index (κ3) is 2.26. The van der Waals surface area contributed by atoms with Gasteiger partial charge in [0.1, 0.15) is 5.78 Å². The highest BCUT2D eigenvalue weighted by atomic mass is 16.1. The smallest absolute Gasteiger partial charge is 0.165 e. The van der Waals surface area contributed by atoms with Crippen LogP contribution in [-0.2, 0) is 9.59 Å². The summed E-state index contributed by atoms with van der Waals surface area (Å²) in [7, 11) is 0. The molecule has 0 aromatic heterocycles. The van der Waals surface area contributed by atoms with Crippen LogP contribution in [0.4, 0.5) is 0 Å². The van der Waals surface area contributed by atoms with E-state index < -0.39 is 0 Å². The minimum absolute atomic E-state index is 0.0179. The Kier molecular flexibility index (Phi) is 4.07. The van der Waals surface area contributed by atoms with Gasteiger partial charge in [0.25, 0.3) is 0 Å². The van der Waals surface area contributed by atoms with Gasteiger partial charge in [0, 0.05) is 17.3 Å². The van der Waals surface area contributed by atoms with Crippen molar-refractivity contribution >= 4 is 11.6 Å². The molecule has 0 radical (unpaired) electrons. The molecule has 3 saturated carbocycles. The molecular weight excluding hydrogens is 326 g/mol. The molecule has 0 spiro atoms. The molecule has 0 amide bonds. The standard InChI is InChI=1S/C21H29N3O2/c1-12(25)14-6-7-15-13-4-5-17-19(23-24-22)18(26)9-11-21(17,3)16(13)8-10-20(14,15)2/h13-16H,4-11H2,1-3H3/t13-,14+,15-,16-,20+,21+/m0/s1. The Hall–Kier alpha value is -1.61. The summed E-state index contributed by atoms with van der Waals surface area (Å²) in [6.45, 7) is 6.43. The van der Waals surface area contributed by atoms with E-state index in [-0.39, 0.29) is 22.5 Å². The number of hydrogen-bond acceptors (Lipinski definition) is 3. The topological polar surface area (TPSA) is 82.9 Å². The number of hydrogen-bond donors (Lipinski definition) is 0. The van der Waals surface area contributed by atoms with Crippen LogP contribution < -0.4 is 0 Å². The summed E-state index contributed by atoms with van der Waals surface area (Å²) >= 11 is 0. The monoisotopic (exact) mass is 355 g/mol. The Balaban J connectivity index is 1.72. The summed E-state index contributed by atoms with van der Waals surface area (Å²) < 4.78 is 0. The summed E-state index contributed by atoms with van der Waals surface area (Å²) in [5.74, 6) is 2.41. The lowest BCUT2D eigenvalue weighted by Crippen LogP contribution is -2.51. The number of allylic oxidation sites excluding steroid dienone is 1. The van der Waals surface area contributed by atoms with E-state index in [0.29, 0.717) is 35.7 Å². The molecule has 5 heteroatoms. The predicted molar refractivity (Wildman–Crippen MR) is 99.0 cm³/mol. The van der Waals surface area contributed by atoms with E-state index >= 15 is 0 Å². The van der Waals surface area contributed by atoms with E-state index in [2.05, 4.69) is 23.9 Å². The van der Waals surface area contributed by atoms with Crippen LogP contribution in [0.25, 0.3) is 10.4 Å². The molecule has 140 valence electrons. The van der Waals surface area contributed by atoms with E-state index in [1.165, 1.54) is 6.42 Å². The van der Waals surface area contributed by atoms with Gasteiger partial charge in [-0.1, -0.05) is 24.5 Å². The van der Waals surface area contributed by atoms with Gasteiger partial charge in [0.2, 0.25) is 0 Å². The molecule has 0 unspecified atom stereocenters. The summed E-state index contributed by atoms with van der Waals surface area (Å²) in [5, 5.41) is 3.81. The van der Waals surface area contributed by atoms with E-state index in [1.54, 1.807) is 6.92 Å². The largest absolute Gasteiger partial charge is 0.300 e. The maximum Gasteiger partial charge on any atom is 0.165 e. The minimum atomic E-state index is -0.0179. The van der Waals surface area contributed by atoms with Crippen molar-refractivity contribution in [3.8, 4) is 0 Å². The van der Waals surface area contributed by atoms with Gasteiger partial charge in [-0.25, -0.2) is 0 Å². The molecule has 26 heavy (non-hydrogen) atoms. The lowest BCUT2D eigenvalue weighted by molar-refractivity contribution is -0.128. The summed E-state index contributed by atoms with van der Waals surface area (Å²) in [6, 6.07) is 0. The Morgan fingerprint density at radius 1 is 1.12 bits per heavy atom. The lowest BCUT2D eigenvalue weighted by atomic mass is 9.46. The maximum absolute atomic E-state index is 12.3. The molecule has 5 nitrogen and oxygen atoms in total. The number of ketones is 2. The molecule has 0 aliphatic heterocycles. The minimum Gasteiger partial charge on any atom is -0.300 e. The Bertz CT molecular complexity index is 750.